The zero-order valence-corrected chi connectivity index (χ0v) is 16.1. The average molecular weight is 429 g/mol. The van der Waals surface area contributed by atoms with E-state index in [2.05, 4.69) is 20.3 Å². The van der Waals surface area contributed by atoms with Gasteiger partial charge in [0.25, 0.3) is 5.91 Å². The summed E-state index contributed by atoms with van der Waals surface area (Å²) in [4.78, 5) is 24.9. The van der Waals surface area contributed by atoms with Gasteiger partial charge in [-0.3, -0.25) is 14.8 Å². The molecule has 0 aliphatic heterocycles. The SMILES string of the molecule is Nc1c(C(=O)NCc2cccnc2)sc2nc(-c3ccccn3)cc(C(F)(F)F)c12. The van der Waals surface area contributed by atoms with Crippen molar-refractivity contribution in [2.45, 2.75) is 12.7 Å². The number of nitrogen functional groups attached to an aromatic ring is 1. The summed E-state index contributed by atoms with van der Waals surface area (Å²) in [5.41, 5.74) is 5.87. The number of aromatic nitrogens is 3. The minimum atomic E-state index is -4.68. The Labute approximate surface area is 172 Å². The van der Waals surface area contributed by atoms with Gasteiger partial charge in [0.15, 0.2) is 0 Å². The summed E-state index contributed by atoms with van der Waals surface area (Å²) >= 11 is 0.815. The van der Waals surface area contributed by atoms with Gasteiger partial charge in [0.05, 0.1) is 22.6 Å². The molecule has 0 unspecified atom stereocenters. The molecular weight excluding hydrogens is 415 g/mol. The van der Waals surface area contributed by atoms with Gasteiger partial charge in [-0.25, -0.2) is 4.98 Å². The highest BCUT2D eigenvalue weighted by atomic mass is 32.1. The van der Waals surface area contributed by atoms with Crippen LogP contribution in [-0.2, 0) is 12.7 Å². The van der Waals surface area contributed by atoms with E-state index in [1.165, 1.54) is 6.20 Å². The average Bonchev–Trinajstić information content (AvgIpc) is 3.08. The van der Waals surface area contributed by atoms with Gasteiger partial charge < -0.3 is 11.1 Å². The molecule has 152 valence electrons. The van der Waals surface area contributed by atoms with E-state index >= 15 is 0 Å². The fraction of sp³-hybridized carbons (Fsp3) is 0.100. The van der Waals surface area contributed by atoms with Crippen LogP contribution in [0.1, 0.15) is 20.8 Å². The fourth-order valence-electron chi connectivity index (χ4n) is 2.92. The summed E-state index contributed by atoms with van der Waals surface area (Å²) in [6, 6.07) is 9.26. The van der Waals surface area contributed by atoms with Crippen molar-refractivity contribution >= 4 is 33.1 Å². The zero-order chi connectivity index (χ0) is 21.3. The zero-order valence-electron chi connectivity index (χ0n) is 15.3. The lowest BCUT2D eigenvalue weighted by Crippen LogP contribution is -2.22. The minimum Gasteiger partial charge on any atom is -0.397 e. The Kier molecular flexibility index (Phi) is 5.08. The van der Waals surface area contributed by atoms with Gasteiger partial charge in [-0.2, -0.15) is 13.2 Å². The van der Waals surface area contributed by atoms with E-state index in [0.717, 1.165) is 23.0 Å². The van der Waals surface area contributed by atoms with Crippen molar-refractivity contribution in [2.75, 3.05) is 5.73 Å². The predicted molar refractivity (Wildman–Crippen MR) is 108 cm³/mol. The summed E-state index contributed by atoms with van der Waals surface area (Å²) in [6.07, 6.45) is -0.0340. The van der Waals surface area contributed by atoms with E-state index in [9.17, 15) is 18.0 Å². The van der Waals surface area contributed by atoms with Crippen molar-refractivity contribution in [2.24, 2.45) is 0 Å². The van der Waals surface area contributed by atoms with Crippen molar-refractivity contribution in [3.63, 3.8) is 0 Å². The molecule has 30 heavy (non-hydrogen) atoms. The van der Waals surface area contributed by atoms with Crippen molar-refractivity contribution in [3.8, 4) is 11.4 Å². The Morgan fingerprint density at radius 2 is 1.97 bits per heavy atom. The topological polar surface area (TPSA) is 93.8 Å². The highest BCUT2D eigenvalue weighted by Crippen LogP contribution is 2.43. The minimum absolute atomic E-state index is 0.0227. The maximum Gasteiger partial charge on any atom is 0.417 e. The molecule has 0 saturated carbocycles. The lowest BCUT2D eigenvalue weighted by molar-refractivity contribution is -0.136. The third-order valence-electron chi connectivity index (χ3n) is 4.31. The number of anilines is 1. The molecule has 6 nitrogen and oxygen atoms in total. The first-order valence-electron chi connectivity index (χ1n) is 8.73. The van der Waals surface area contributed by atoms with E-state index in [1.807, 2.05) is 0 Å². The molecule has 4 rings (SSSR count). The van der Waals surface area contributed by atoms with Crippen LogP contribution in [0, 0.1) is 0 Å². The molecular formula is C20H14F3N5OS. The molecule has 0 aromatic carbocycles. The molecule has 4 aromatic rings. The smallest absolute Gasteiger partial charge is 0.397 e. The van der Waals surface area contributed by atoms with E-state index in [0.29, 0.717) is 5.69 Å². The highest BCUT2D eigenvalue weighted by molar-refractivity contribution is 7.21. The number of fused-ring (bicyclic) bond motifs is 1. The molecule has 0 aliphatic carbocycles. The lowest BCUT2D eigenvalue weighted by Gasteiger charge is -2.11. The molecule has 4 aromatic heterocycles. The van der Waals surface area contributed by atoms with Crippen LogP contribution in [0.4, 0.5) is 18.9 Å². The number of nitrogens with zero attached hydrogens (tertiary/aromatic N) is 3. The second-order valence-electron chi connectivity index (χ2n) is 6.34. The van der Waals surface area contributed by atoms with Gasteiger partial charge in [-0.1, -0.05) is 12.1 Å². The number of nitrogens with one attached hydrogen (secondary N) is 1. The van der Waals surface area contributed by atoms with Gasteiger partial charge >= 0.3 is 6.18 Å². The van der Waals surface area contributed by atoms with Crippen molar-refractivity contribution < 1.29 is 18.0 Å². The van der Waals surface area contributed by atoms with Crippen LogP contribution in [0.2, 0.25) is 0 Å². The van der Waals surface area contributed by atoms with Crippen LogP contribution < -0.4 is 11.1 Å². The third-order valence-corrected chi connectivity index (χ3v) is 5.41. The maximum atomic E-state index is 13.8. The van der Waals surface area contributed by atoms with Crippen LogP contribution in [0.3, 0.4) is 0 Å². The Morgan fingerprint density at radius 1 is 1.13 bits per heavy atom. The van der Waals surface area contributed by atoms with Crippen molar-refractivity contribution in [1.82, 2.24) is 20.3 Å². The van der Waals surface area contributed by atoms with E-state index < -0.39 is 17.6 Å². The summed E-state index contributed by atoms with van der Waals surface area (Å²) in [5, 5.41) is 2.37. The number of nitrogens with two attached hydrogens (primary N) is 1. The second kappa shape index (κ2) is 7.71. The number of alkyl halides is 3. The predicted octanol–water partition coefficient (Wildman–Crippen LogP) is 4.28. The molecule has 0 aliphatic rings. The van der Waals surface area contributed by atoms with Gasteiger partial charge in [-0.15, -0.1) is 11.3 Å². The molecule has 0 spiro atoms. The van der Waals surface area contributed by atoms with Crippen LogP contribution in [0.15, 0.2) is 55.0 Å². The first-order chi connectivity index (χ1) is 14.3. The Balaban J connectivity index is 1.77. The number of hydrogen-bond donors (Lipinski definition) is 2. The Hall–Kier alpha value is -3.53. The van der Waals surface area contributed by atoms with Crippen molar-refractivity contribution in [1.29, 1.82) is 0 Å². The summed E-state index contributed by atoms with van der Waals surface area (Å²) in [5.74, 6) is -0.577. The van der Waals surface area contributed by atoms with Gasteiger partial charge in [0.1, 0.15) is 9.71 Å². The highest BCUT2D eigenvalue weighted by Gasteiger charge is 2.36. The molecule has 0 radical (unpaired) electrons. The van der Waals surface area contributed by atoms with E-state index in [4.69, 9.17) is 5.73 Å². The molecule has 0 saturated heterocycles. The molecule has 1 amide bonds. The molecule has 0 atom stereocenters. The van der Waals surface area contributed by atoms with Gasteiger partial charge in [0, 0.05) is 30.5 Å². The van der Waals surface area contributed by atoms with Crippen LogP contribution in [0.5, 0.6) is 0 Å². The number of carbonyl (C=O) groups is 1. The number of pyridine rings is 3. The second-order valence-corrected chi connectivity index (χ2v) is 7.34. The third kappa shape index (κ3) is 3.81. The summed E-state index contributed by atoms with van der Waals surface area (Å²) in [7, 11) is 0. The van der Waals surface area contributed by atoms with E-state index in [1.54, 1.807) is 42.7 Å². The number of rotatable bonds is 4. The summed E-state index contributed by atoms with van der Waals surface area (Å²) in [6.45, 7) is 0.166. The molecule has 10 heteroatoms. The maximum absolute atomic E-state index is 13.8. The van der Waals surface area contributed by atoms with Crippen LogP contribution >= 0.6 is 11.3 Å². The number of amides is 1. The normalized spacial score (nSPS) is 11.6. The number of carbonyl (C=O) groups excluding carboxylic acids is 1. The quantitative estimate of drug-likeness (QED) is 0.505. The Morgan fingerprint density at radius 3 is 2.63 bits per heavy atom. The standard InChI is InChI=1S/C20H14F3N5OS/c21-20(22,23)12-8-14(13-5-1-2-7-26-13)28-19-15(12)16(24)17(30-19)18(29)27-10-11-4-3-6-25-9-11/h1-9H,10,24H2,(H,27,29). The molecule has 4 heterocycles. The largest absolute Gasteiger partial charge is 0.417 e. The Bertz CT molecular complexity index is 1210. The van der Waals surface area contributed by atoms with Crippen LogP contribution in [-0.4, -0.2) is 20.9 Å². The summed E-state index contributed by atoms with van der Waals surface area (Å²) < 4.78 is 41.3. The van der Waals surface area contributed by atoms with Crippen LogP contribution in [0.25, 0.3) is 21.6 Å². The molecule has 0 bridgehead atoms. The van der Waals surface area contributed by atoms with Gasteiger partial charge in [-0.05, 0) is 29.8 Å². The fourth-order valence-corrected chi connectivity index (χ4v) is 3.96. The first-order valence-corrected chi connectivity index (χ1v) is 9.55. The van der Waals surface area contributed by atoms with Crippen molar-refractivity contribution in [3.05, 3.63) is 71.0 Å². The monoisotopic (exact) mass is 429 g/mol. The number of halogens is 3. The van der Waals surface area contributed by atoms with Gasteiger partial charge in [0.2, 0.25) is 0 Å². The van der Waals surface area contributed by atoms with E-state index in [-0.39, 0.29) is 33.0 Å². The lowest BCUT2D eigenvalue weighted by atomic mass is 10.1. The number of hydrogen-bond acceptors (Lipinski definition) is 6. The first kappa shape index (κ1) is 19.8. The molecule has 0 fully saturated rings. The number of thiophene rings is 1. The molecule has 3 N–H and O–H groups in total.